The first-order valence-corrected chi connectivity index (χ1v) is 4.46. The Morgan fingerprint density at radius 1 is 1.40 bits per heavy atom. The molecule has 2 rings (SSSR count). The van der Waals surface area contributed by atoms with Crippen LogP contribution in [0.2, 0.25) is 0 Å². The number of pyridine rings is 1. The first-order valence-electron chi connectivity index (χ1n) is 4.46. The van der Waals surface area contributed by atoms with Crippen LogP contribution >= 0.6 is 0 Å². The smallest absolute Gasteiger partial charge is 0.336 e. The van der Waals surface area contributed by atoms with Crippen molar-refractivity contribution in [3.63, 3.8) is 0 Å². The molecule has 0 unspecified atom stereocenters. The van der Waals surface area contributed by atoms with Crippen molar-refractivity contribution in [1.29, 1.82) is 0 Å². The van der Waals surface area contributed by atoms with Gasteiger partial charge in [0.05, 0.1) is 10.9 Å². The number of carboxylic acids is 1. The molecule has 0 saturated heterocycles. The standard InChI is InChI=1S/C11H9NO3/c1-7-6-9(11(13)14)8-4-2-3-5-10(8)12(7)15/h2-6H,1H3,(H,13,14). The first-order chi connectivity index (χ1) is 7.11. The molecule has 15 heavy (non-hydrogen) atoms. The molecule has 0 aliphatic heterocycles. The predicted molar refractivity (Wildman–Crippen MR) is 54.6 cm³/mol. The van der Waals surface area contributed by atoms with Crippen molar-refractivity contribution in [2.24, 2.45) is 0 Å². The van der Waals surface area contributed by atoms with E-state index in [0.717, 1.165) is 4.73 Å². The monoisotopic (exact) mass is 203 g/mol. The zero-order valence-corrected chi connectivity index (χ0v) is 8.10. The third-order valence-electron chi connectivity index (χ3n) is 2.32. The summed E-state index contributed by atoms with van der Waals surface area (Å²) in [5, 5.41) is 21.1. The average Bonchev–Trinajstić information content (AvgIpc) is 2.23. The summed E-state index contributed by atoms with van der Waals surface area (Å²) in [5.74, 6) is -1.02. The van der Waals surface area contributed by atoms with E-state index < -0.39 is 5.97 Å². The predicted octanol–water partition coefficient (Wildman–Crippen LogP) is 1.48. The largest absolute Gasteiger partial charge is 0.618 e. The highest BCUT2D eigenvalue weighted by Gasteiger charge is 2.16. The van der Waals surface area contributed by atoms with Gasteiger partial charge >= 0.3 is 5.97 Å². The number of aryl methyl sites for hydroxylation is 1. The fourth-order valence-corrected chi connectivity index (χ4v) is 1.59. The van der Waals surface area contributed by atoms with Crippen molar-refractivity contribution >= 4 is 16.9 Å². The van der Waals surface area contributed by atoms with Crippen LogP contribution in [0.25, 0.3) is 10.9 Å². The van der Waals surface area contributed by atoms with Gasteiger partial charge in [0, 0.05) is 19.1 Å². The van der Waals surface area contributed by atoms with Gasteiger partial charge in [-0.1, -0.05) is 12.1 Å². The molecule has 4 heteroatoms. The summed E-state index contributed by atoms with van der Waals surface area (Å²) in [7, 11) is 0. The molecule has 4 nitrogen and oxygen atoms in total. The van der Waals surface area contributed by atoms with Gasteiger partial charge in [-0.3, -0.25) is 0 Å². The van der Waals surface area contributed by atoms with Crippen LogP contribution in [-0.2, 0) is 0 Å². The fraction of sp³-hybridized carbons (Fsp3) is 0.0909. The Kier molecular flexibility index (Phi) is 2.04. The van der Waals surface area contributed by atoms with E-state index in [4.69, 9.17) is 5.11 Å². The number of para-hydroxylation sites is 1. The average molecular weight is 203 g/mol. The van der Waals surface area contributed by atoms with E-state index in [1.165, 1.54) is 6.07 Å². The molecule has 1 aromatic carbocycles. The first kappa shape index (κ1) is 9.45. The van der Waals surface area contributed by atoms with Crippen molar-refractivity contribution in [2.75, 3.05) is 0 Å². The summed E-state index contributed by atoms with van der Waals surface area (Å²) in [6, 6.07) is 8.05. The number of nitrogens with zero attached hydrogens (tertiary/aromatic N) is 1. The minimum Gasteiger partial charge on any atom is -0.618 e. The van der Waals surface area contributed by atoms with Gasteiger partial charge in [0.2, 0.25) is 5.52 Å². The number of benzene rings is 1. The maximum atomic E-state index is 11.6. The highest BCUT2D eigenvalue weighted by atomic mass is 16.5. The van der Waals surface area contributed by atoms with E-state index in [0.29, 0.717) is 16.6 Å². The molecule has 0 bridgehead atoms. The van der Waals surface area contributed by atoms with E-state index in [9.17, 15) is 10.0 Å². The number of fused-ring (bicyclic) bond motifs is 1. The quantitative estimate of drug-likeness (QED) is 0.564. The fourth-order valence-electron chi connectivity index (χ4n) is 1.59. The van der Waals surface area contributed by atoms with Crippen LogP contribution in [0.1, 0.15) is 16.1 Å². The molecule has 0 amide bonds. The molecule has 76 valence electrons. The zero-order valence-electron chi connectivity index (χ0n) is 8.10. The number of hydrogen-bond acceptors (Lipinski definition) is 2. The summed E-state index contributed by atoms with van der Waals surface area (Å²) in [5.41, 5.74) is 0.927. The SMILES string of the molecule is Cc1cc(C(=O)O)c2ccccc2[n+]1[O-]. The lowest BCUT2D eigenvalue weighted by atomic mass is 10.1. The molecule has 0 atom stereocenters. The van der Waals surface area contributed by atoms with Crippen molar-refractivity contribution in [2.45, 2.75) is 6.92 Å². The summed E-state index contributed by atoms with van der Waals surface area (Å²) < 4.78 is 0.738. The van der Waals surface area contributed by atoms with Gasteiger partial charge in [0.15, 0.2) is 5.69 Å². The van der Waals surface area contributed by atoms with E-state index >= 15 is 0 Å². The van der Waals surface area contributed by atoms with Crippen molar-refractivity contribution in [3.8, 4) is 0 Å². The van der Waals surface area contributed by atoms with E-state index in [1.54, 1.807) is 31.2 Å². The Hall–Kier alpha value is -2.10. The van der Waals surface area contributed by atoms with Crippen molar-refractivity contribution in [3.05, 3.63) is 46.8 Å². The molecule has 2 aromatic rings. The zero-order chi connectivity index (χ0) is 11.0. The number of carboxylic acid groups (broad SMARTS) is 1. The molecule has 0 aliphatic rings. The Morgan fingerprint density at radius 2 is 2.07 bits per heavy atom. The molecule has 0 fully saturated rings. The second-order valence-electron chi connectivity index (χ2n) is 3.32. The Labute approximate surface area is 86.0 Å². The maximum Gasteiger partial charge on any atom is 0.336 e. The molecule has 0 radical (unpaired) electrons. The molecular weight excluding hydrogens is 194 g/mol. The lowest BCUT2D eigenvalue weighted by Crippen LogP contribution is -2.31. The second kappa shape index (κ2) is 3.24. The van der Waals surface area contributed by atoms with Gasteiger partial charge in [-0.25, -0.2) is 4.79 Å². The third kappa shape index (κ3) is 1.40. The number of rotatable bonds is 1. The van der Waals surface area contributed by atoms with E-state index in [2.05, 4.69) is 0 Å². The topological polar surface area (TPSA) is 64.2 Å². The van der Waals surface area contributed by atoms with Crippen LogP contribution in [0.3, 0.4) is 0 Å². The second-order valence-corrected chi connectivity index (χ2v) is 3.32. The maximum absolute atomic E-state index is 11.6. The van der Waals surface area contributed by atoms with Crippen LogP contribution in [0, 0.1) is 12.1 Å². The lowest BCUT2D eigenvalue weighted by molar-refractivity contribution is -0.584. The number of hydrogen-bond donors (Lipinski definition) is 1. The molecule has 1 aromatic heterocycles. The van der Waals surface area contributed by atoms with Gasteiger partial charge in [0.1, 0.15) is 0 Å². The summed E-state index contributed by atoms with van der Waals surface area (Å²) in [4.78, 5) is 11.0. The Bertz CT molecular complexity index is 549. The van der Waals surface area contributed by atoms with Crippen LogP contribution in [0.15, 0.2) is 30.3 Å². The van der Waals surface area contributed by atoms with Crippen LogP contribution in [0.5, 0.6) is 0 Å². The molecule has 1 N–H and O–H groups in total. The van der Waals surface area contributed by atoms with Crippen LogP contribution < -0.4 is 4.73 Å². The molecule has 0 aliphatic carbocycles. The van der Waals surface area contributed by atoms with Gasteiger partial charge < -0.3 is 10.3 Å². The lowest BCUT2D eigenvalue weighted by Gasteiger charge is -2.06. The number of carbonyl (C=O) groups is 1. The van der Waals surface area contributed by atoms with Crippen molar-refractivity contribution < 1.29 is 14.6 Å². The van der Waals surface area contributed by atoms with E-state index in [-0.39, 0.29) is 5.56 Å². The van der Waals surface area contributed by atoms with Gasteiger partial charge in [-0.15, -0.1) is 0 Å². The van der Waals surface area contributed by atoms with Gasteiger partial charge in [0.25, 0.3) is 0 Å². The normalized spacial score (nSPS) is 10.5. The highest BCUT2D eigenvalue weighted by Crippen LogP contribution is 2.16. The summed E-state index contributed by atoms with van der Waals surface area (Å²) in [6.45, 7) is 1.59. The molecule has 0 saturated carbocycles. The summed E-state index contributed by atoms with van der Waals surface area (Å²) >= 11 is 0. The van der Waals surface area contributed by atoms with Crippen LogP contribution in [-0.4, -0.2) is 11.1 Å². The highest BCUT2D eigenvalue weighted by molar-refractivity contribution is 6.01. The van der Waals surface area contributed by atoms with Gasteiger partial charge in [-0.2, -0.15) is 4.73 Å². The van der Waals surface area contributed by atoms with Gasteiger partial charge in [-0.05, 0) is 6.07 Å². The van der Waals surface area contributed by atoms with Crippen molar-refractivity contribution in [1.82, 2.24) is 0 Å². The number of aromatic carboxylic acids is 1. The summed E-state index contributed by atoms with van der Waals surface area (Å²) in [6.07, 6.45) is 0. The minimum absolute atomic E-state index is 0.162. The molecule has 1 heterocycles. The van der Waals surface area contributed by atoms with E-state index in [1.807, 2.05) is 0 Å². The Balaban J connectivity index is 2.94. The molecule has 0 spiro atoms. The van der Waals surface area contributed by atoms with Crippen LogP contribution in [0.4, 0.5) is 0 Å². The molecular formula is C11H9NO3. The minimum atomic E-state index is -1.02. The third-order valence-corrected chi connectivity index (χ3v) is 2.32. The number of aromatic nitrogens is 1. The Morgan fingerprint density at radius 3 is 2.73 bits per heavy atom.